The Morgan fingerprint density at radius 2 is 1.76 bits per heavy atom. The summed E-state index contributed by atoms with van der Waals surface area (Å²) in [6.07, 6.45) is 8.97. The summed E-state index contributed by atoms with van der Waals surface area (Å²) >= 11 is 0. The van der Waals surface area contributed by atoms with Crippen LogP contribution in [0.4, 0.5) is 29.1 Å². The third-order valence-electron chi connectivity index (χ3n) is 5.57. The monoisotopic (exact) mass is 442 g/mol. The second-order valence-corrected chi connectivity index (χ2v) is 9.74. The lowest BCUT2D eigenvalue weighted by atomic mass is 9.90. The van der Waals surface area contributed by atoms with Crippen LogP contribution in [-0.2, 0) is 6.42 Å². The SMILES string of the molecule is CC(C)(C)Cc1cccc(Nc2nc(Nc3ccn4ccnc4c3)cc(N3CCCC3)n2)n1. The van der Waals surface area contributed by atoms with Crippen molar-refractivity contribution in [3.63, 3.8) is 0 Å². The van der Waals surface area contributed by atoms with E-state index in [9.17, 15) is 0 Å². The lowest BCUT2D eigenvalue weighted by Gasteiger charge is -2.19. The average molecular weight is 443 g/mol. The van der Waals surface area contributed by atoms with Crippen molar-refractivity contribution >= 4 is 34.7 Å². The van der Waals surface area contributed by atoms with E-state index < -0.39 is 0 Å². The molecule has 1 fully saturated rings. The standard InChI is InChI=1S/C25H30N8/c1-25(2,3)17-19-7-6-8-20(28-19)29-24-30-21(16-23(31-24)32-11-4-5-12-32)27-18-9-13-33-14-10-26-22(33)15-18/h6-10,13-16H,4-5,11-12,17H2,1-3H3,(H2,27,28,29,30,31). The zero-order valence-electron chi connectivity index (χ0n) is 19.4. The molecule has 0 amide bonds. The highest BCUT2D eigenvalue weighted by Crippen LogP contribution is 2.26. The van der Waals surface area contributed by atoms with Gasteiger partial charge in [0.15, 0.2) is 0 Å². The molecule has 1 saturated heterocycles. The molecule has 170 valence electrons. The Morgan fingerprint density at radius 1 is 0.909 bits per heavy atom. The first-order valence-electron chi connectivity index (χ1n) is 11.5. The molecule has 1 aliphatic heterocycles. The van der Waals surface area contributed by atoms with Gasteiger partial charge in [-0.2, -0.15) is 9.97 Å². The van der Waals surface area contributed by atoms with Gasteiger partial charge >= 0.3 is 0 Å². The number of rotatable bonds is 6. The number of hydrogen-bond acceptors (Lipinski definition) is 7. The van der Waals surface area contributed by atoms with Crippen LogP contribution in [0.2, 0.25) is 0 Å². The Balaban J connectivity index is 1.44. The minimum Gasteiger partial charge on any atom is -0.356 e. The Hall–Kier alpha value is -3.68. The molecule has 0 bridgehead atoms. The van der Waals surface area contributed by atoms with E-state index in [0.29, 0.717) is 5.95 Å². The first kappa shape index (κ1) is 21.2. The second kappa shape index (κ2) is 8.69. The molecule has 2 N–H and O–H groups in total. The maximum Gasteiger partial charge on any atom is 0.232 e. The molecule has 0 saturated carbocycles. The van der Waals surface area contributed by atoms with E-state index in [-0.39, 0.29) is 5.41 Å². The van der Waals surface area contributed by atoms with Crippen molar-refractivity contribution in [3.05, 3.63) is 60.7 Å². The number of hydrogen-bond donors (Lipinski definition) is 2. The van der Waals surface area contributed by atoms with Crippen molar-refractivity contribution in [3.8, 4) is 0 Å². The molecule has 0 radical (unpaired) electrons. The smallest absolute Gasteiger partial charge is 0.232 e. The predicted octanol–water partition coefficient (Wildman–Crippen LogP) is 5.20. The summed E-state index contributed by atoms with van der Waals surface area (Å²) in [4.78, 5) is 21.0. The number of anilines is 5. The molecular weight excluding hydrogens is 412 g/mol. The topological polar surface area (TPSA) is 83.3 Å². The number of aromatic nitrogens is 5. The molecule has 5 rings (SSSR count). The van der Waals surface area contributed by atoms with Crippen LogP contribution in [0.3, 0.4) is 0 Å². The summed E-state index contributed by atoms with van der Waals surface area (Å²) in [6.45, 7) is 8.67. The van der Waals surface area contributed by atoms with Crippen LogP contribution in [0.5, 0.6) is 0 Å². The summed E-state index contributed by atoms with van der Waals surface area (Å²) in [5.41, 5.74) is 3.03. The fraction of sp³-hybridized carbons (Fsp3) is 0.360. The molecule has 0 aliphatic carbocycles. The van der Waals surface area contributed by atoms with Gasteiger partial charge in [0.1, 0.15) is 23.1 Å². The number of nitrogens with one attached hydrogen (secondary N) is 2. The van der Waals surface area contributed by atoms with Gasteiger partial charge in [-0.1, -0.05) is 26.8 Å². The van der Waals surface area contributed by atoms with Gasteiger partial charge in [0.25, 0.3) is 0 Å². The van der Waals surface area contributed by atoms with E-state index in [0.717, 1.165) is 54.0 Å². The zero-order chi connectivity index (χ0) is 22.8. The lowest BCUT2D eigenvalue weighted by Crippen LogP contribution is -2.20. The Morgan fingerprint density at radius 3 is 2.58 bits per heavy atom. The molecule has 4 aromatic heterocycles. The highest BCUT2D eigenvalue weighted by molar-refractivity contribution is 5.65. The van der Waals surface area contributed by atoms with Crippen LogP contribution in [0.15, 0.2) is 55.0 Å². The lowest BCUT2D eigenvalue weighted by molar-refractivity contribution is 0.406. The number of nitrogens with zero attached hydrogens (tertiary/aromatic N) is 6. The molecule has 1 aliphatic rings. The number of fused-ring (bicyclic) bond motifs is 1. The molecule has 0 spiro atoms. The van der Waals surface area contributed by atoms with Crippen molar-refractivity contribution in [1.82, 2.24) is 24.3 Å². The third-order valence-corrected chi connectivity index (χ3v) is 5.57. The van der Waals surface area contributed by atoms with Crippen LogP contribution < -0.4 is 15.5 Å². The molecular formula is C25H30N8. The third kappa shape index (κ3) is 5.22. The molecule has 0 aromatic carbocycles. The fourth-order valence-electron chi connectivity index (χ4n) is 4.10. The van der Waals surface area contributed by atoms with Gasteiger partial charge in [-0.15, -0.1) is 0 Å². The van der Waals surface area contributed by atoms with Crippen molar-refractivity contribution in [2.75, 3.05) is 28.6 Å². The van der Waals surface area contributed by atoms with E-state index in [4.69, 9.17) is 15.0 Å². The molecule has 8 heteroatoms. The van der Waals surface area contributed by atoms with Crippen LogP contribution in [-0.4, -0.2) is 37.4 Å². The van der Waals surface area contributed by atoms with Crippen molar-refractivity contribution < 1.29 is 0 Å². The molecule has 0 unspecified atom stereocenters. The molecule has 5 heterocycles. The Bertz CT molecular complexity index is 1250. The molecule has 0 atom stereocenters. The zero-order valence-corrected chi connectivity index (χ0v) is 19.4. The first-order chi connectivity index (χ1) is 15.9. The van der Waals surface area contributed by atoms with Gasteiger partial charge in [-0.3, -0.25) is 0 Å². The normalized spacial score (nSPS) is 14.1. The Labute approximate surface area is 194 Å². The van der Waals surface area contributed by atoms with E-state index in [1.54, 1.807) is 6.20 Å². The van der Waals surface area contributed by atoms with Gasteiger partial charge in [0.05, 0.1) is 0 Å². The van der Waals surface area contributed by atoms with E-state index in [2.05, 4.69) is 47.4 Å². The fourth-order valence-corrected chi connectivity index (χ4v) is 4.10. The first-order valence-corrected chi connectivity index (χ1v) is 11.5. The van der Waals surface area contributed by atoms with Gasteiger partial charge in [-0.25, -0.2) is 9.97 Å². The highest BCUT2D eigenvalue weighted by atomic mass is 15.3. The van der Waals surface area contributed by atoms with Gasteiger partial charge in [0.2, 0.25) is 5.95 Å². The van der Waals surface area contributed by atoms with E-state index in [1.165, 1.54) is 12.8 Å². The van der Waals surface area contributed by atoms with Crippen LogP contribution >= 0.6 is 0 Å². The maximum absolute atomic E-state index is 4.81. The molecule has 33 heavy (non-hydrogen) atoms. The number of imidazole rings is 1. The van der Waals surface area contributed by atoms with Crippen LogP contribution in [0.1, 0.15) is 39.3 Å². The second-order valence-electron chi connectivity index (χ2n) is 9.74. The van der Waals surface area contributed by atoms with Gasteiger partial charge in [0, 0.05) is 55.2 Å². The summed E-state index contributed by atoms with van der Waals surface area (Å²) in [7, 11) is 0. The average Bonchev–Trinajstić information content (AvgIpc) is 3.44. The summed E-state index contributed by atoms with van der Waals surface area (Å²) in [6, 6.07) is 12.1. The van der Waals surface area contributed by atoms with Crippen LogP contribution in [0, 0.1) is 5.41 Å². The minimum atomic E-state index is 0.171. The largest absolute Gasteiger partial charge is 0.356 e. The predicted molar refractivity (Wildman–Crippen MR) is 133 cm³/mol. The highest BCUT2D eigenvalue weighted by Gasteiger charge is 2.17. The summed E-state index contributed by atoms with van der Waals surface area (Å²) < 4.78 is 1.98. The molecule has 4 aromatic rings. The van der Waals surface area contributed by atoms with Gasteiger partial charge < -0.3 is 19.9 Å². The number of pyridine rings is 2. The van der Waals surface area contributed by atoms with E-state index >= 15 is 0 Å². The van der Waals surface area contributed by atoms with Crippen molar-refractivity contribution in [1.29, 1.82) is 0 Å². The minimum absolute atomic E-state index is 0.171. The Kier molecular flexibility index (Phi) is 5.58. The quantitative estimate of drug-likeness (QED) is 0.425. The van der Waals surface area contributed by atoms with Gasteiger partial charge in [-0.05, 0) is 42.9 Å². The van der Waals surface area contributed by atoms with E-state index in [1.807, 2.05) is 47.1 Å². The maximum atomic E-state index is 4.81. The summed E-state index contributed by atoms with van der Waals surface area (Å²) in [5.74, 6) is 2.93. The van der Waals surface area contributed by atoms with Crippen molar-refractivity contribution in [2.24, 2.45) is 5.41 Å². The van der Waals surface area contributed by atoms with Crippen molar-refractivity contribution in [2.45, 2.75) is 40.0 Å². The summed E-state index contributed by atoms with van der Waals surface area (Å²) in [5, 5.41) is 6.76. The van der Waals surface area contributed by atoms with Crippen LogP contribution in [0.25, 0.3) is 5.65 Å². The molecule has 8 nitrogen and oxygen atoms in total.